The van der Waals surface area contributed by atoms with E-state index in [1.807, 2.05) is 6.92 Å². The quantitative estimate of drug-likeness (QED) is 0.357. The molecule has 0 aliphatic rings. The molecule has 0 bridgehead atoms. The number of hydrogen-bond donors (Lipinski definition) is 1. The molecular weight excluding hydrogens is 542 g/mol. The Morgan fingerprint density at radius 3 is 2.32 bits per heavy atom. The van der Waals surface area contributed by atoms with Gasteiger partial charge in [-0.25, -0.2) is 8.70 Å². The fourth-order valence-electron chi connectivity index (χ4n) is 3.61. The number of nitrogens with zero attached hydrogens (tertiary/aromatic N) is 3. The molecule has 12 heteroatoms. The van der Waals surface area contributed by atoms with Gasteiger partial charge in [0.25, 0.3) is 0 Å². The molecule has 0 aliphatic carbocycles. The van der Waals surface area contributed by atoms with Crippen LogP contribution in [-0.4, -0.2) is 62.7 Å². The minimum atomic E-state index is -4.26. The lowest BCUT2D eigenvalue weighted by molar-refractivity contribution is -0.140. The summed E-state index contributed by atoms with van der Waals surface area (Å²) in [6, 6.07) is 9.13. The molecule has 0 spiro atoms. The minimum Gasteiger partial charge on any atom is -0.354 e. The average Bonchev–Trinajstić information content (AvgIpc) is 2.84. The van der Waals surface area contributed by atoms with Crippen molar-refractivity contribution in [1.29, 1.82) is 0 Å². The van der Waals surface area contributed by atoms with E-state index in [0.717, 1.165) is 23.2 Å². The van der Waals surface area contributed by atoms with E-state index in [9.17, 15) is 22.4 Å². The van der Waals surface area contributed by atoms with Gasteiger partial charge < -0.3 is 10.2 Å². The predicted octanol–water partition coefficient (Wildman–Crippen LogP) is 4.47. The summed E-state index contributed by atoms with van der Waals surface area (Å²) in [5.41, 5.74) is 0.238. The van der Waals surface area contributed by atoms with Crippen molar-refractivity contribution in [2.45, 2.75) is 45.7 Å². The topological polar surface area (TPSA) is 90.0 Å². The van der Waals surface area contributed by atoms with Gasteiger partial charge in [0.2, 0.25) is 11.8 Å². The highest BCUT2D eigenvalue weighted by Gasteiger charge is 2.34. The lowest BCUT2D eigenvalue weighted by Gasteiger charge is -2.34. The van der Waals surface area contributed by atoms with Crippen molar-refractivity contribution in [3.05, 3.63) is 63.9 Å². The zero-order valence-electron chi connectivity index (χ0n) is 21.4. The number of nitrogens with one attached hydrogen (secondary N) is 1. The Morgan fingerprint density at radius 2 is 1.76 bits per heavy atom. The number of carbonyl (C=O) groups excluding carboxylic acids is 2. The number of unbranched alkanes of at least 4 members (excludes halogenated alkanes) is 1. The molecule has 37 heavy (non-hydrogen) atoms. The van der Waals surface area contributed by atoms with Gasteiger partial charge in [0.1, 0.15) is 18.4 Å². The summed E-state index contributed by atoms with van der Waals surface area (Å²) in [5.74, 6) is -1.88. The second-order valence-corrected chi connectivity index (χ2v) is 11.5. The van der Waals surface area contributed by atoms with Gasteiger partial charge in [0, 0.05) is 37.2 Å². The number of amides is 2. The molecule has 0 heterocycles. The van der Waals surface area contributed by atoms with Crippen LogP contribution in [0, 0.1) is 5.82 Å². The Bertz CT molecular complexity index is 1200. The van der Waals surface area contributed by atoms with Crippen LogP contribution in [0.5, 0.6) is 0 Å². The van der Waals surface area contributed by atoms with Crippen LogP contribution in [0.1, 0.15) is 38.7 Å². The van der Waals surface area contributed by atoms with Gasteiger partial charge in [-0.2, -0.15) is 12.7 Å². The first kappa shape index (κ1) is 30.8. The lowest BCUT2D eigenvalue weighted by Crippen LogP contribution is -2.53. The third-order valence-corrected chi connectivity index (χ3v) is 8.10. The summed E-state index contributed by atoms with van der Waals surface area (Å²) >= 11 is 12.4. The number of benzene rings is 2. The van der Waals surface area contributed by atoms with E-state index in [0.29, 0.717) is 26.5 Å². The number of anilines is 1. The van der Waals surface area contributed by atoms with Crippen molar-refractivity contribution < 1.29 is 22.4 Å². The maximum absolute atomic E-state index is 14.7. The third kappa shape index (κ3) is 8.04. The van der Waals surface area contributed by atoms with Crippen molar-refractivity contribution in [3.63, 3.8) is 0 Å². The van der Waals surface area contributed by atoms with Gasteiger partial charge in [0.15, 0.2) is 0 Å². The maximum atomic E-state index is 14.7. The maximum Gasteiger partial charge on any atom is 0.304 e. The summed E-state index contributed by atoms with van der Waals surface area (Å²) in [6.45, 7) is 3.36. The standard InChI is InChI=1S/C25H33Cl2FN4O4S/c1-5-7-14-29-25(34)22(6-2)31(16-18-12-13-19(26)15-20(18)27)24(33)17-32(37(35,36)30(3)4)23-11-9-8-10-21(23)28/h8-13,15,22H,5-7,14,16-17H2,1-4H3,(H,29,34)/t22-/m0/s1. The highest BCUT2D eigenvalue weighted by atomic mass is 35.5. The van der Waals surface area contributed by atoms with Crippen molar-refractivity contribution in [2.24, 2.45) is 0 Å². The molecule has 1 N–H and O–H groups in total. The molecule has 8 nitrogen and oxygen atoms in total. The van der Waals surface area contributed by atoms with Gasteiger partial charge >= 0.3 is 10.2 Å². The fraction of sp³-hybridized carbons (Fsp3) is 0.440. The Balaban J connectivity index is 2.52. The Morgan fingerprint density at radius 1 is 1.08 bits per heavy atom. The molecule has 0 unspecified atom stereocenters. The molecule has 0 aromatic heterocycles. The summed E-state index contributed by atoms with van der Waals surface area (Å²) < 4.78 is 42.6. The van der Waals surface area contributed by atoms with Gasteiger partial charge in [-0.1, -0.05) is 61.7 Å². The molecule has 2 amide bonds. The molecule has 1 atom stereocenters. The zero-order valence-corrected chi connectivity index (χ0v) is 23.7. The van der Waals surface area contributed by atoms with E-state index in [1.165, 1.54) is 43.3 Å². The van der Waals surface area contributed by atoms with Gasteiger partial charge in [-0.15, -0.1) is 0 Å². The van der Waals surface area contributed by atoms with Crippen molar-refractivity contribution in [3.8, 4) is 0 Å². The lowest BCUT2D eigenvalue weighted by atomic mass is 10.1. The van der Waals surface area contributed by atoms with Crippen molar-refractivity contribution in [2.75, 3.05) is 31.5 Å². The van der Waals surface area contributed by atoms with Crippen LogP contribution in [0.4, 0.5) is 10.1 Å². The number of halogens is 3. The molecule has 2 rings (SSSR count). The van der Waals surface area contributed by atoms with E-state index in [-0.39, 0.29) is 24.6 Å². The van der Waals surface area contributed by atoms with E-state index < -0.39 is 34.5 Å². The van der Waals surface area contributed by atoms with Crippen LogP contribution >= 0.6 is 23.2 Å². The van der Waals surface area contributed by atoms with Gasteiger partial charge in [-0.05, 0) is 42.7 Å². The first-order chi connectivity index (χ1) is 17.4. The van der Waals surface area contributed by atoms with E-state index >= 15 is 0 Å². The number of rotatable bonds is 13. The predicted molar refractivity (Wildman–Crippen MR) is 145 cm³/mol. The first-order valence-electron chi connectivity index (χ1n) is 11.9. The van der Waals surface area contributed by atoms with E-state index in [2.05, 4.69) is 5.32 Å². The summed E-state index contributed by atoms with van der Waals surface area (Å²) in [4.78, 5) is 28.1. The average molecular weight is 576 g/mol. The number of carbonyl (C=O) groups is 2. The second kappa shape index (κ2) is 13.9. The second-order valence-electron chi connectivity index (χ2n) is 8.57. The van der Waals surface area contributed by atoms with E-state index in [4.69, 9.17) is 23.2 Å². The van der Waals surface area contributed by atoms with Crippen LogP contribution in [-0.2, 0) is 26.3 Å². The van der Waals surface area contributed by atoms with Gasteiger partial charge in [0.05, 0.1) is 5.69 Å². The molecule has 2 aromatic rings. The molecular formula is C25H33Cl2FN4O4S. The molecule has 204 valence electrons. The fourth-order valence-corrected chi connectivity index (χ4v) is 5.15. The number of hydrogen-bond acceptors (Lipinski definition) is 4. The van der Waals surface area contributed by atoms with E-state index in [1.54, 1.807) is 19.1 Å². The smallest absolute Gasteiger partial charge is 0.304 e. The first-order valence-corrected chi connectivity index (χ1v) is 14.0. The summed E-state index contributed by atoms with van der Waals surface area (Å²) in [6.07, 6.45) is 1.90. The minimum absolute atomic E-state index is 0.0817. The monoisotopic (exact) mass is 574 g/mol. The molecule has 0 saturated heterocycles. The van der Waals surface area contributed by atoms with Crippen LogP contribution < -0.4 is 9.62 Å². The Hall–Kier alpha value is -2.40. The van der Waals surface area contributed by atoms with Gasteiger partial charge in [-0.3, -0.25) is 9.59 Å². The number of para-hydroxylation sites is 1. The van der Waals surface area contributed by atoms with Crippen molar-refractivity contribution >= 4 is 50.9 Å². The summed E-state index contributed by atoms with van der Waals surface area (Å²) in [5, 5.41) is 3.53. The van der Waals surface area contributed by atoms with Crippen LogP contribution in [0.3, 0.4) is 0 Å². The molecule has 2 aromatic carbocycles. The molecule has 0 radical (unpaired) electrons. The normalized spacial score (nSPS) is 12.3. The largest absolute Gasteiger partial charge is 0.354 e. The van der Waals surface area contributed by atoms with Crippen LogP contribution in [0.15, 0.2) is 42.5 Å². The molecule has 0 saturated carbocycles. The molecule has 0 fully saturated rings. The summed E-state index contributed by atoms with van der Waals surface area (Å²) in [7, 11) is -1.69. The van der Waals surface area contributed by atoms with Crippen LogP contribution in [0.2, 0.25) is 10.0 Å². The van der Waals surface area contributed by atoms with Crippen molar-refractivity contribution in [1.82, 2.24) is 14.5 Å². The Labute approximate surface area is 228 Å². The Kier molecular flexibility index (Phi) is 11.6. The highest BCUT2D eigenvalue weighted by molar-refractivity contribution is 7.90. The van der Waals surface area contributed by atoms with Crippen LogP contribution in [0.25, 0.3) is 0 Å². The third-order valence-electron chi connectivity index (χ3n) is 5.71. The SMILES string of the molecule is CCCCNC(=O)[C@H](CC)N(Cc1ccc(Cl)cc1Cl)C(=O)CN(c1ccccc1F)S(=O)(=O)N(C)C. The zero-order chi connectivity index (χ0) is 27.8. The highest BCUT2D eigenvalue weighted by Crippen LogP contribution is 2.26. The molecule has 0 aliphatic heterocycles.